The number of aromatic nitrogens is 1. The third-order valence-corrected chi connectivity index (χ3v) is 3.73. The van der Waals surface area contributed by atoms with Crippen LogP contribution < -0.4 is 4.72 Å². The molecular formula is C10H16N2O5S. The third kappa shape index (κ3) is 4.13. The van der Waals surface area contributed by atoms with E-state index in [2.05, 4.69) is 9.71 Å². The molecule has 18 heavy (non-hydrogen) atoms. The molecule has 0 fully saturated rings. The van der Waals surface area contributed by atoms with Gasteiger partial charge in [0.05, 0.1) is 6.10 Å². The van der Waals surface area contributed by atoms with Crippen LogP contribution in [0.3, 0.4) is 0 Å². The second-order valence-electron chi connectivity index (χ2n) is 3.94. The number of H-pyrrole nitrogens is 1. The third-order valence-electron chi connectivity index (χ3n) is 2.29. The fraction of sp³-hybridized carbons (Fsp3) is 0.500. The zero-order valence-electron chi connectivity index (χ0n) is 9.88. The van der Waals surface area contributed by atoms with E-state index < -0.39 is 22.1 Å². The van der Waals surface area contributed by atoms with Crippen molar-refractivity contribution >= 4 is 16.0 Å². The molecule has 1 unspecified atom stereocenters. The second kappa shape index (κ2) is 5.98. The topological polar surface area (TPSA) is 119 Å². The van der Waals surface area contributed by atoms with Crippen molar-refractivity contribution in [3.8, 4) is 0 Å². The molecule has 1 atom stereocenters. The number of nitrogens with one attached hydrogen (secondary N) is 2. The number of carboxylic acids is 1. The first-order valence-electron chi connectivity index (χ1n) is 5.42. The zero-order chi connectivity index (χ0) is 13.8. The summed E-state index contributed by atoms with van der Waals surface area (Å²) in [6, 6.07) is 1.05. The van der Waals surface area contributed by atoms with Gasteiger partial charge in [0.1, 0.15) is 10.6 Å². The van der Waals surface area contributed by atoms with Crippen LogP contribution in [0.5, 0.6) is 0 Å². The Kier molecular flexibility index (Phi) is 4.88. The molecule has 1 aromatic heterocycles. The number of aliphatic hydroxyl groups excluding tert-OH is 1. The van der Waals surface area contributed by atoms with E-state index in [4.69, 9.17) is 10.2 Å². The Bertz CT molecular complexity index is 506. The monoisotopic (exact) mass is 276 g/mol. The molecule has 0 bridgehead atoms. The molecule has 0 radical (unpaired) electrons. The molecule has 1 rings (SSSR count). The Balaban J connectivity index is 2.60. The van der Waals surface area contributed by atoms with E-state index in [1.54, 1.807) is 6.92 Å². The fourth-order valence-corrected chi connectivity index (χ4v) is 2.41. The van der Waals surface area contributed by atoms with Gasteiger partial charge in [-0.3, -0.25) is 0 Å². The van der Waals surface area contributed by atoms with E-state index in [0.29, 0.717) is 12.8 Å². The summed E-state index contributed by atoms with van der Waals surface area (Å²) in [5.74, 6) is -1.22. The summed E-state index contributed by atoms with van der Waals surface area (Å²) >= 11 is 0. The van der Waals surface area contributed by atoms with E-state index in [9.17, 15) is 13.2 Å². The van der Waals surface area contributed by atoms with Gasteiger partial charge < -0.3 is 15.2 Å². The first-order valence-corrected chi connectivity index (χ1v) is 6.90. The lowest BCUT2D eigenvalue weighted by Gasteiger charge is -2.06. The molecule has 0 aliphatic carbocycles. The molecular weight excluding hydrogens is 260 g/mol. The number of carboxylic acid groups (broad SMARTS) is 1. The van der Waals surface area contributed by atoms with Crippen LogP contribution in [-0.4, -0.2) is 42.2 Å². The molecule has 0 spiro atoms. The molecule has 1 heterocycles. The smallest absolute Gasteiger partial charge is 0.352 e. The molecule has 7 nitrogen and oxygen atoms in total. The maximum atomic E-state index is 11.7. The SMILES string of the molecule is CC(O)CCCNS(=O)(=O)c1c[nH]c(C(=O)O)c1. The first kappa shape index (κ1) is 14.7. The van der Waals surface area contributed by atoms with Crippen LogP contribution in [-0.2, 0) is 10.0 Å². The number of hydrogen-bond donors (Lipinski definition) is 4. The predicted molar refractivity (Wildman–Crippen MR) is 63.9 cm³/mol. The normalized spacial score (nSPS) is 13.4. The van der Waals surface area contributed by atoms with Gasteiger partial charge in [-0.1, -0.05) is 0 Å². The minimum absolute atomic E-state index is 0.114. The Morgan fingerprint density at radius 1 is 1.56 bits per heavy atom. The Morgan fingerprint density at radius 2 is 2.22 bits per heavy atom. The lowest BCUT2D eigenvalue weighted by atomic mass is 10.2. The van der Waals surface area contributed by atoms with Crippen LogP contribution in [0.15, 0.2) is 17.2 Å². The summed E-state index contributed by atoms with van der Waals surface area (Å²) in [5, 5.41) is 17.7. The molecule has 0 saturated heterocycles. The van der Waals surface area contributed by atoms with Crippen molar-refractivity contribution in [1.29, 1.82) is 0 Å². The first-order chi connectivity index (χ1) is 8.33. The van der Waals surface area contributed by atoms with Crippen molar-refractivity contribution < 1.29 is 23.4 Å². The van der Waals surface area contributed by atoms with Crippen molar-refractivity contribution in [1.82, 2.24) is 9.71 Å². The highest BCUT2D eigenvalue weighted by atomic mass is 32.2. The maximum absolute atomic E-state index is 11.7. The van der Waals surface area contributed by atoms with E-state index in [1.807, 2.05) is 0 Å². The van der Waals surface area contributed by atoms with Crippen molar-refractivity contribution in [2.24, 2.45) is 0 Å². The average molecular weight is 276 g/mol. The van der Waals surface area contributed by atoms with Crippen LogP contribution in [0.25, 0.3) is 0 Å². The van der Waals surface area contributed by atoms with Crippen molar-refractivity contribution in [3.63, 3.8) is 0 Å². The van der Waals surface area contributed by atoms with E-state index in [0.717, 1.165) is 12.3 Å². The molecule has 8 heteroatoms. The number of hydrogen-bond acceptors (Lipinski definition) is 4. The van der Waals surface area contributed by atoms with Crippen LogP contribution >= 0.6 is 0 Å². The largest absolute Gasteiger partial charge is 0.477 e. The van der Waals surface area contributed by atoms with Gasteiger partial charge in [0.25, 0.3) is 0 Å². The van der Waals surface area contributed by atoms with E-state index >= 15 is 0 Å². The molecule has 0 amide bonds. The predicted octanol–water partition coefficient (Wildman–Crippen LogP) is 0.152. The van der Waals surface area contributed by atoms with Gasteiger partial charge in [-0.2, -0.15) is 0 Å². The quantitative estimate of drug-likeness (QED) is 0.528. The Morgan fingerprint density at radius 3 is 2.72 bits per heavy atom. The van der Waals surface area contributed by atoms with Gasteiger partial charge in [-0.25, -0.2) is 17.9 Å². The van der Waals surface area contributed by atoms with Crippen molar-refractivity contribution in [2.75, 3.05) is 6.54 Å². The standard InChI is InChI=1S/C10H16N2O5S/c1-7(13)3-2-4-12-18(16,17)8-5-9(10(14)15)11-6-8/h5-7,11-13H,2-4H2,1H3,(H,14,15). The number of rotatable bonds is 7. The number of aromatic amines is 1. The van der Waals surface area contributed by atoms with Crippen LogP contribution in [0.2, 0.25) is 0 Å². The van der Waals surface area contributed by atoms with Gasteiger partial charge in [0, 0.05) is 12.7 Å². The minimum atomic E-state index is -3.70. The van der Waals surface area contributed by atoms with Crippen molar-refractivity contribution in [3.05, 3.63) is 18.0 Å². The molecule has 1 aromatic rings. The summed E-state index contributed by atoms with van der Waals surface area (Å²) in [5.41, 5.74) is -0.181. The summed E-state index contributed by atoms with van der Waals surface area (Å²) in [4.78, 5) is 12.8. The molecule has 0 saturated carbocycles. The number of carbonyl (C=O) groups is 1. The minimum Gasteiger partial charge on any atom is -0.477 e. The van der Waals surface area contributed by atoms with Crippen LogP contribution in [0.1, 0.15) is 30.3 Å². The summed E-state index contributed by atoms with van der Waals surface area (Å²) in [6.45, 7) is 1.82. The Labute approximate surface area is 105 Å². The van der Waals surface area contributed by atoms with E-state index in [1.165, 1.54) is 0 Å². The van der Waals surface area contributed by atoms with Gasteiger partial charge in [0.15, 0.2) is 0 Å². The highest BCUT2D eigenvalue weighted by Gasteiger charge is 2.17. The molecule has 0 aliphatic rings. The van der Waals surface area contributed by atoms with Gasteiger partial charge in [0.2, 0.25) is 10.0 Å². The maximum Gasteiger partial charge on any atom is 0.352 e. The molecule has 4 N–H and O–H groups in total. The van der Waals surface area contributed by atoms with Gasteiger partial charge in [-0.05, 0) is 25.8 Å². The van der Waals surface area contributed by atoms with Crippen LogP contribution in [0.4, 0.5) is 0 Å². The summed E-state index contributed by atoms with van der Waals surface area (Å²) in [6.07, 6.45) is 1.66. The fourth-order valence-electron chi connectivity index (χ4n) is 1.34. The molecule has 102 valence electrons. The van der Waals surface area contributed by atoms with Crippen LogP contribution in [0, 0.1) is 0 Å². The molecule has 0 aliphatic heterocycles. The lowest BCUT2D eigenvalue weighted by Crippen LogP contribution is -2.25. The average Bonchev–Trinajstić information content (AvgIpc) is 2.74. The molecule has 0 aromatic carbocycles. The lowest BCUT2D eigenvalue weighted by molar-refractivity contribution is 0.0691. The highest BCUT2D eigenvalue weighted by molar-refractivity contribution is 7.89. The van der Waals surface area contributed by atoms with E-state index in [-0.39, 0.29) is 17.1 Å². The van der Waals surface area contributed by atoms with Gasteiger partial charge >= 0.3 is 5.97 Å². The highest BCUT2D eigenvalue weighted by Crippen LogP contribution is 2.10. The van der Waals surface area contributed by atoms with Gasteiger partial charge in [-0.15, -0.1) is 0 Å². The number of sulfonamides is 1. The zero-order valence-corrected chi connectivity index (χ0v) is 10.7. The number of aromatic carboxylic acids is 1. The second-order valence-corrected chi connectivity index (χ2v) is 5.71. The Hall–Kier alpha value is -1.38. The summed E-state index contributed by atoms with van der Waals surface area (Å²) in [7, 11) is -3.70. The summed E-state index contributed by atoms with van der Waals surface area (Å²) < 4.78 is 25.8. The number of aliphatic hydroxyl groups is 1. The van der Waals surface area contributed by atoms with Crippen molar-refractivity contribution in [2.45, 2.75) is 30.8 Å².